The van der Waals surface area contributed by atoms with E-state index in [0.29, 0.717) is 12.2 Å². The first-order valence-corrected chi connectivity index (χ1v) is 6.41. The topological polar surface area (TPSA) is 64.3 Å². The van der Waals surface area contributed by atoms with Crippen LogP contribution in [0.2, 0.25) is 0 Å². The molecule has 102 valence electrons. The molecular formula is C13H15FN2O2S. The molecule has 0 aliphatic carbocycles. The van der Waals surface area contributed by atoms with Crippen molar-refractivity contribution in [2.45, 2.75) is 19.4 Å². The van der Waals surface area contributed by atoms with Crippen LogP contribution in [0.25, 0.3) is 0 Å². The molecule has 2 rings (SSSR count). The quantitative estimate of drug-likeness (QED) is 0.830. The molecule has 0 radical (unpaired) electrons. The highest BCUT2D eigenvalue weighted by molar-refractivity contribution is 7.80. The van der Waals surface area contributed by atoms with Gasteiger partial charge in [0.25, 0.3) is 5.91 Å². The zero-order valence-corrected chi connectivity index (χ0v) is 11.3. The molecule has 4 nitrogen and oxygen atoms in total. The fourth-order valence-corrected chi connectivity index (χ4v) is 2.13. The van der Waals surface area contributed by atoms with Crippen LogP contribution in [0.5, 0.6) is 0 Å². The van der Waals surface area contributed by atoms with Crippen LogP contribution in [0.3, 0.4) is 0 Å². The average molecular weight is 282 g/mol. The van der Waals surface area contributed by atoms with Gasteiger partial charge in [-0.25, -0.2) is 4.39 Å². The summed E-state index contributed by atoms with van der Waals surface area (Å²) < 4.78 is 19.1. The second-order valence-electron chi connectivity index (χ2n) is 4.61. The number of nitrogens with one attached hydrogen (secondary N) is 1. The molecule has 19 heavy (non-hydrogen) atoms. The van der Waals surface area contributed by atoms with Crippen molar-refractivity contribution in [1.29, 1.82) is 0 Å². The number of nitrogens with two attached hydrogens (primary N) is 1. The second kappa shape index (κ2) is 5.63. The maximum atomic E-state index is 13.8. The Labute approximate surface area is 116 Å². The monoisotopic (exact) mass is 282 g/mol. The van der Waals surface area contributed by atoms with E-state index in [9.17, 15) is 9.18 Å². The molecule has 1 aliphatic rings. The van der Waals surface area contributed by atoms with Gasteiger partial charge in [-0.15, -0.1) is 0 Å². The van der Waals surface area contributed by atoms with Crippen molar-refractivity contribution in [2.75, 3.05) is 11.9 Å². The highest BCUT2D eigenvalue weighted by Gasteiger charge is 2.31. The Morgan fingerprint density at radius 1 is 1.58 bits per heavy atom. The van der Waals surface area contributed by atoms with Gasteiger partial charge in [0.15, 0.2) is 0 Å². The summed E-state index contributed by atoms with van der Waals surface area (Å²) in [4.78, 5) is 12.1. The lowest BCUT2D eigenvalue weighted by Crippen LogP contribution is -2.31. The number of benzene rings is 1. The lowest BCUT2D eigenvalue weighted by molar-refractivity contribution is -0.126. The lowest BCUT2D eigenvalue weighted by atomic mass is 10.0. The van der Waals surface area contributed by atoms with Crippen molar-refractivity contribution >= 4 is 28.8 Å². The van der Waals surface area contributed by atoms with Crippen molar-refractivity contribution in [3.8, 4) is 0 Å². The molecule has 1 amide bonds. The van der Waals surface area contributed by atoms with Crippen LogP contribution in [0, 0.1) is 11.7 Å². The van der Waals surface area contributed by atoms with E-state index >= 15 is 0 Å². The van der Waals surface area contributed by atoms with Gasteiger partial charge in [-0.2, -0.15) is 0 Å². The van der Waals surface area contributed by atoms with Crippen LogP contribution in [0.1, 0.15) is 18.9 Å². The van der Waals surface area contributed by atoms with E-state index in [4.69, 9.17) is 22.7 Å². The predicted molar refractivity (Wildman–Crippen MR) is 74.4 cm³/mol. The molecule has 6 heteroatoms. The highest BCUT2D eigenvalue weighted by atomic mass is 32.1. The summed E-state index contributed by atoms with van der Waals surface area (Å²) in [5, 5.41) is 2.53. The molecule has 2 atom stereocenters. The number of ether oxygens (including phenoxy) is 1. The molecule has 1 aromatic carbocycles. The van der Waals surface area contributed by atoms with Crippen molar-refractivity contribution in [1.82, 2.24) is 0 Å². The molecule has 0 aromatic heterocycles. The molecule has 0 bridgehead atoms. The number of anilines is 1. The van der Waals surface area contributed by atoms with E-state index in [1.807, 2.05) is 6.92 Å². The predicted octanol–water partition coefficient (Wildman–Crippen LogP) is 1.82. The number of carbonyl (C=O) groups is 1. The summed E-state index contributed by atoms with van der Waals surface area (Å²) in [7, 11) is 0. The number of carbonyl (C=O) groups excluding carboxylic acids is 1. The summed E-state index contributed by atoms with van der Waals surface area (Å²) in [5.41, 5.74) is 5.94. The third-order valence-corrected chi connectivity index (χ3v) is 3.39. The van der Waals surface area contributed by atoms with E-state index in [0.717, 1.165) is 6.42 Å². The smallest absolute Gasteiger partial charge is 0.253 e. The highest BCUT2D eigenvalue weighted by Crippen LogP contribution is 2.23. The molecule has 1 heterocycles. The van der Waals surface area contributed by atoms with E-state index in [2.05, 4.69) is 5.32 Å². The molecule has 1 aliphatic heterocycles. The molecule has 0 saturated carbocycles. The second-order valence-corrected chi connectivity index (χ2v) is 5.05. The van der Waals surface area contributed by atoms with Crippen molar-refractivity contribution < 1.29 is 13.9 Å². The lowest BCUT2D eigenvalue weighted by Gasteiger charge is -2.15. The van der Waals surface area contributed by atoms with Crippen LogP contribution in [0.15, 0.2) is 18.2 Å². The maximum Gasteiger partial charge on any atom is 0.253 e. The van der Waals surface area contributed by atoms with Crippen LogP contribution in [0.4, 0.5) is 10.1 Å². The minimum atomic E-state index is -0.565. The van der Waals surface area contributed by atoms with E-state index in [-0.39, 0.29) is 22.5 Å². The number of thiocarbonyl (C=S) groups is 1. The third-order valence-electron chi connectivity index (χ3n) is 3.16. The fourth-order valence-electron chi connectivity index (χ4n) is 2.00. The number of hydrogen-bond acceptors (Lipinski definition) is 3. The van der Waals surface area contributed by atoms with Crippen molar-refractivity contribution in [2.24, 2.45) is 11.7 Å². The molecule has 1 aromatic rings. The summed E-state index contributed by atoms with van der Waals surface area (Å²) in [5.74, 6) is -0.754. The molecular weight excluding hydrogens is 267 g/mol. The van der Waals surface area contributed by atoms with Crippen LogP contribution >= 0.6 is 12.2 Å². The first-order valence-electron chi connectivity index (χ1n) is 6.01. The van der Waals surface area contributed by atoms with Crippen molar-refractivity contribution in [3.63, 3.8) is 0 Å². The van der Waals surface area contributed by atoms with E-state index < -0.39 is 11.9 Å². The molecule has 2 unspecified atom stereocenters. The van der Waals surface area contributed by atoms with Gasteiger partial charge in [0, 0.05) is 12.2 Å². The van der Waals surface area contributed by atoms with Crippen LogP contribution in [-0.2, 0) is 9.53 Å². The van der Waals surface area contributed by atoms with Crippen LogP contribution < -0.4 is 11.1 Å². The normalized spacial score (nSPS) is 22.2. The molecule has 3 N–H and O–H groups in total. The first kappa shape index (κ1) is 13.9. The summed E-state index contributed by atoms with van der Waals surface area (Å²) in [6.45, 7) is 2.49. The summed E-state index contributed by atoms with van der Waals surface area (Å²) in [6, 6.07) is 4.22. The van der Waals surface area contributed by atoms with Gasteiger partial charge in [-0.3, -0.25) is 4.79 Å². The zero-order valence-electron chi connectivity index (χ0n) is 10.5. The minimum absolute atomic E-state index is 0.104. The third kappa shape index (κ3) is 3.08. The largest absolute Gasteiger partial charge is 0.389 e. The number of hydrogen-bond donors (Lipinski definition) is 2. The van der Waals surface area contributed by atoms with Gasteiger partial charge >= 0.3 is 0 Å². The number of amides is 1. The fraction of sp³-hybridized carbons (Fsp3) is 0.385. The maximum absolute atomic E-state index is 13.8. The van der Waals surface area contributed by atoms with Gasteiger partial charge in [0.05, 0.1) is 5.69 Å². The Bertz CT molecular complexity index is 521. The zero-order chi connectivity index (χ0) is 14.0. The minimum Gasteiger partial charge on any atom is -0.389 e. The molecule has 1 saturated heterocycles. The van der Waals surface area contributed by atoms with Gasteiger partial charge in [-0.05, 0) is 30.5 Å². The van der Waals surface area contributed by atoms with Gasteiger partial charge in [-0.1, -0.05) is 19.1 Å². The average Bonchev–Trinajstić information content (AvgIpc) is 2.77. The number of halogens is 1. The van der Waals surface area contributed by atoms with Crippen molar-refractivity contribution in [3.05, 3.63) is 29.6 Å². The first-order chi connectivity index (χ1) is 8.99. The Kier molecular flexibility index (Phi) is 4.11. The van der Waals surface area contributed by atoms with E-state index in [1.165, 1.54) is 12.1 Å². The van der Waals surface area contributed by atoms with Gasteiger partial charge in [0.1, 0.15) is 16.9 Å². The molecule has 0 spiro atoms. The number of rotatable bonds is 3. The summed E-state index contributed by atoms with van der Waals surface area (Å²) >= 11 is 4.76. The van der Waals surface area contributed by atoms with Crippen LogP contribution in [-0.4, -0.2) is 23.6 Å². The van der Waals surface area contributed by atoms with Gasteiger partial charge in [0.2, 0.25) is 0 Å². The Hall–Kier alpha value is -1.53. The van der Waals surface area contributed by atoms with E-state index in [1.54, 1.807) is 6.07 Å². The Morgan fingerprint density at radius 2 is 2.32 bits per heavy atom. The molecule has 1 fully saturated rings. The summed E-state index contributed by atoms with van der Waals surface area (Å²) in [6.07, 6.45) is 0.315. The standard InChI is InChI=1S/C13H15FN2O2S/c1-7-4-5-18-11(7)13(17)16-10-3-2-8(12(15)19)6-9(10)14/h2-3,6-7,11H,4-5H2,1H3,(H2,15,19)(H,16,17). The SMILES string of the molecule is CC1CCOC1C(=O)Nc1ccc(C(N)=S)cc1F. The Morgan fingerprint density at radius 3 is 2.84 bits per heavy atom. The Balaban J connectivity index is 2.11. The van der Waals surface area contributed by atoms with Gasteiger partial charge < -0.3 is 15.8 Å².